The Bertz CT molecular complexity index is 309. The average Bonchev–Trinajstić information content (AvgIpc) is 2.17. The molecule has 13 heavy (non-hydrogen) atoms. The van der Waals surface area contributed by atoms with E-state index in [9.17, 15) is 4.79 Å². The summed E-state index contributed by atoms with van der Waals surface area (Å²) in [7, 11) is 0. The first kappa shape index (κ1) is 9.52. The van der Waals surface area contributed by atoms with Crippen molar-refractivity contribution in [3.8, 4) is 5.75 Å². The normalized spacial score (nSPS) is 11.3. The van der Waals surface area contributed by atoms with Gasteiger partial charge in [0, 0.05) is 0 Å². The van der Waals surface area contributed by atoms with E-state index < -0.39 is 0 Å². The zero-order valence-electron chi connectivity index (χ0n) is 7.53. The van der Waals surface area contributed by atoms with E-state index in [1.54, 1.807) is 24.3 Å². The third-order valence-corrected chi connectivity index (χ3v) is 1.80. The second-order valence-corrected chi connectivity index (χ2v) is 2.78. The van der Waals surface area contributed by atoms with Crippen molar-refractivity contribution in [2.45, 2.75) is 13.3 Å². The Morgan fingerprint density at radius 3 is 2.46 bits per heavy atom. The Morgan fingerprint density at radius 2 is 2.00 bits per heavy atom. The molecular weight excluding hydrogens is 164 g/mol. The molecule has 1 rings (SSSR count). The Kier molecular flexibility index (Phi) is 3.26. The number of benzene rings is 1. The molecular formula is C11H12O2. The van der Waals surface area contributed by atoms with Crippen molar-refractivity contribution >= 4 is 12.4 Å². The number of aromatic hydroxyl groups is 1. The van der Waals surface area contributed by atoms with E-state index in [4.69, 9.17) is 5.11 Å². The summed E-state index contributed by atoms with van der Waals surface area (Å²) < 4.78 is 0. The van der Waals surface area contributed by atoms with Crippen LogP contribution in [0.4, 0.5) is 0 Å². The lowest BCUT2D eigenvalue weighted by Gasteiger charge is -1.96. The molecule has 0 aliphatic rings. The van der Waals surface area contributed by atoms with Crippen molar-refractivity contribution in [1.29, 1.82) is 0 Å². The van der Waals surface area contributed by atoms with Crippen molar-refractivity contribution in [2.24, 2.45) is 0 Å². The van der Waals surface area contributed by atoms with Gasteiger partial charge in [-0.2, -0.15) is 0 Å². The summed E-state index contributed by atoms with van der Waals surface area (Å²) >= 11 is 0. The van der Waals surface area contributed by atoms with Gasteiger partial charge < -0.3 is 5.11 Å². The summed E-state index contributed by atoms with van der Waals surface area (Å²) in [6.07, 6.45) is 3.39. The molecule has 0 aliphatic heterocycles. The number of allylic oxidation sites excluding steroid dienone is 1. The lowest BCUT2D eigenvalue weighted by atomic mass is 10.1. The van der Waals surface area contributed by atoms with Crippen LogP contribution < -0.4 is 0 Å². The predicted molar refractivity (Wildman–Crippen MR) is 52.4 cm³/mol. The second-order valence-electron chi connectivity index (χ2n) is 2.78. The van der Waals surface area contributed by atoms with Crippen molar-refractivity contribution in [1.82, 2.24) is 0 Å². The molecule has 0 amide bonds. The van der Waals surface area contributed by atoms with E-state index in [-0.39, 0.29) is 5.75 Å². The van der Waals surface area contributed by atoms with Gasteiger partial charge in [-0.1, -0.05) is 19.1 Å². The van der Waals surface area contributed by atoms with Gasteiger partial charge in [0.05, 0.1) is 0 Å². The van der Waals surface area contributed by atoms with Crippen LogP contribution in [-0.4, -0.2) is 11.4 Å². The van der Waals surface area contributed by atoms with E-state index in [1.807, 2.05) is 13.0 Å². The molecule has 0 radical (unpaired) electrons. The molecule has 0 heterocycles. The maximum absolute atomic E-state index is 10.5. The van der Waals surface area contributed by atoms with E-state index in [0.717, 1.165) is 23.8 Å². The average molecular weight is 176 g/mol. The number of hydrogen-bond acceptors (Lipinski definition) is 2. The number of carbonyl (C=O) groups excluding carboxylic acids is 1. The quantitative estimate of drug-likeness (QED) is 0.567. The first-order valence-electron chi connectivity index (χ1n) is 4.21. The Hall–Kier alpha value is -1.57. The van der Waals surface area contributed by atoms with Gasteiger partial charge in [-0.15, -0.1) is 0 Å². The van der Waals surface area contributed by atoms with Crippen LogP contribution in [0.15, 0.2) is 29.8 Å². The molecule has 0 aliphatic carbocycles. The molecule has 0 aromatic heterocycles. The fourth-order valence-electron chi connectivity index (χ4n) is 1.00. The molecule has 68 valence electrons. The van der Waals surface area contributed by atoms with Crippen LogP contribution in [0.2, 0.25) is 0 Å². The Labute approximate surface area is 77.5 Å². The highest BCUT2D eigenvalue weighted by Crippen LogP contribution is 2.12. The summed E-state index contributed by atoms with van der Waals surface area (Å²) in [6.45, 7) is 1.93. The molecule has 0 atom stereocenters. The van der Waals surface area contributed by atoms with Gasteiger partial charge in [-0.3, -0.25) is 4.79 Å². The summed E-state index contributed by atoms with van der Waals surface area (Å²) in [5.74, 6) is 0.237. The van der Waals surface area contributed by atoms with Crippen LogP contribution in [0.3, 0.4) is 0 Å². The van der Waals surface area contributed by atoms with Crippen LogP contribution in [0.5, 0.6) is 5.75 Å². The summed E-state index contributed by atoms with van der Waals surface area (Å²) in [4.78, 5) is 10.5. The van der Waals surface area contributed by atoms with E-state index >= 15 is 0 Å². The van der Waals surface area contributed by atoms with Gasteiger partial charge in [-0.05, 0) is 35.8 Å². The summed E-state index contributed by atoms with van der Waals surface area (Å²) in [5, 5.41) is 9.01. The van der Waals surface area contributed by atoms with Gasteiger partial charge in [0.25, 0.3) is 0 Å². The maximum Gasteiger partial charge on any atom is 0.146 e. The SMILES string of the molecule is CC/C(C=O)=C\c1ccc(O)cc1. The van der Waals surface area contributed by atoms with Gasteiger partial charge in [0.15, 0.2) is 0 Å². The van der Waals surface area contributed by atoms with Crippen LogP contribution in [0.25, 0.3) is 6.08 Å². The third kappa shape index (κ3) is 2.75. The van der Waals surface area contributed by atoms with E-state index in [2.05, 4.69) is 0 Å². The number of carbonyl (C=O) groups is 1. The minimum Gasteiger partial charge on any atom is -0.508 e. The molecule has 0 saturated heterocycles. The fraction of sp³-hybridized carbons (Fsp3) is 0.182. The zero-order valence-corrected chi connectivity index (χ0v) is 7.53. The number of phenols is 1. The highest BCUT2D eigenvalue weighted by atomic mass is 16.3. The molecule has 1 aromatic carbocycles. The Balaban J connectivity index is 2.90. The highest BCUT2D eigenvalue weighted by Gasteiger charge is 1.92. The van der Waals surface area contributed by atoms with Gasteiger partial charge in [0.2, 0.25) is 0 Å². The minimum absolute atomic E-state index is 0.237. The van der Waals surface area contributed by atoms with Gasteiger partial charge in [0.1, 0.15) is 12.0 Å². The van der Waals surface area contributed by atoms with Gasteiger partial charge >= 0.3 is 0 Å². The van der Waals surface area contributed by atoms with Crippen molar-refractivity contribution in [2.75, 3.05) is 0 Å². The highest BCUT2D eigenvalue weighted by molar-refractivity contribution is 5.81. The van der Waals surface area contributed by atoms with Crippen LogP contribution in [0, 0.1) is 0 Å². The van der Waals surface area contributed by atoms with Crippen molar-refractivity contribution in [3.63, 3.8) is 0 Å². The zero-order chi connectivity index (χ0) is 9.68. The number of rotatable bonds is 3. The molecule has 2 nitrogen and oxygen atoms in total. The predicted octanol–water partition coefficient (Wildman–Crippen LogP) is 2.38. The molecule has 2 heteroatoms. The maximum atomic E-state index is 10.5. The molecule has 1 N–H and O–H groups in total. The summed E-state index contributed by atoms with van der Waals surface area (Å²) in [5.41, 5.74) is 1.69. The third-order valence-electron chi connectivity index (χ3n) is 1.80. The monoisotopic (exact) mass is 176 g/mol. The molecule has 0 saturated carbocycles. The summed E-state index contributed by atoms with van der Waals surface area (Å²) in [6, 6.07) is 6.75. The fourth-order valence-corrected chi connectivity index (χ4v) is 1.00. The van der Waals surface area contributed by atoms with E-state index in [1.165, 1.54) is 0 Å². The molecule has 0 fully saturated rings. The molecule has 0 bridgehead atoms. The van der Waals surface area contributed by atoms with Crippen molar-refractivity contribution < 1.29 is 9.90 Å². The molecule has 0 spiro atoms. The molecule has 0 unspecified atom stereocenters. The molecule has 1 aromatic rings. The first-order chi connectivity index (χ1) is 6.26. The Morgan fingerprint density at radius 1 is 1.38 bits per heavy atom. The van der Waals surface area contributed by atoms with Crippen molar-refractivity contribution in [3.05, 3.63) is 35.4 Å². The van der Waals surface area contributed by atoms with E-state index in [0.29, 0.717) is 0 Å². The smallest absolute Gasteiger partial charge is 0.146 e. The number of phenolic OH excluding ortho intramolecular Hbond substituents is 1. The lowest BCUT2D eigenvalue weighted by molar-refractivity contribution is -0.104. The second kappa shape index (κ2) is 4.45. The number of hydrogen-bond donors (Lipinski definition) is 1. The lowest BCUT2D eigenvalue weighted by Crippen LogP contribution is -1.81. The van der Waals surface area contributed by atoms with Crippen LogP contribution >= 0.6 is 0 Å². The largest absolute Gasteiger partial charge is 0.508 e. The first-order valence-corrected chi connectivity index (χ1v) is 4.21. The minimum atomic E-state index is 0.237. The van der Waals surface area contributed by atoms with Gasteiger partial charge in [-0.25, -0.2) is 0 Å². The number of aldehydes is 1. The standard InChI is InChI=1S/C11H12O2/c1-2-9(8-12)7-10-3-5-11(13)6-4-10/h3-8,13H,2H2,1H3/b9-7+. The topological polar surface area (TPSA) is 37.3 Å². The van der Waals surface area contributed by atoms with Crippen LogP contribution in [-0.2, 0) is 4.79 Å². The van der Waals surface area contributed by atoms with Crippen LogP contribution in [0.1, 0.15) is 18.9 Å².